The molecule has 0 N–H and O–H groups in total. The lowest BCUT2D eigenvalue weighted by Gasteiger charge is -2.06. The molecule has 0 aliphatic rings. The molecule has 0 fully saturated rings. The van der Waals surface area contributed by atoms with Gasteiger partial charge in [-0.15, -0.1) is 0 Å². The van der Waals surface area contributed by atoms with Crippen LogP contribution in [0.2, 0.25) is 0 Å². The molecule has 0 atom stereocenters. The zero-order valence-electron chi connectivity index (χ0n) is 14.7. The Morgan fingerprint density at radius 1 is 0.524 bits per heavy atom. The second-order valence-electron chi connectivity index (χ2n) is 3.94. The summed E-state index contributed by atoms with van der Waals surface area (Å²) in [4.78, 5) is 0. The minimum absolute atomic E-state index is 1.33. The largest absolute Gasteiger partial charge is 0.0683 e. The lowest BCUT2D eigenvalue weighted by atomic mass is 9.98. The Labute approximate surface area is 130 Å². The van der Waals surface area contributed by atoms with Gasteiger partial charge in [-0.25, -0.2) is 0 Å². The van der Waals surface area contributed by atoms with Gasteiger partial charge in [0.1, 0.15) is 0 Å². The van der Waals surface area contributed by atoms with E-state index in [1.807, 2.05) is 41.5 Å². The van der Waals surface area contributed by atoms with E-state index in [9.17, 15) is 0 Å². The molecule has 3 aromatic rings. The van der Waals surface area contributed by atoms with Gasteiger partial charge in [0, 0.05) is 0 Å². The summed E-state index contributed by atoms with van der Waals surface area (Å²) in [6.45, 7) is 14.2. The fraction of sp³-hybridized carbons (Fsp3) is 0.333. The normalized spacial score (nSPS) is 8.71. The maximum atomic E-state index is 2.26. The van der Waals surface area contributed by atoms with Crippen molar-refractivity contribution in [3.8, 4) is 0 Å². The number of aryl methyl sites for hydroxylation is 1. The van der Waals surface area contributed by atoms with E-state index in [4.69, 9.17) is 0 Å². The van der Waals surface area contributed by atoms with Gasteiger partial charge in [-0.05, 0) is 40.1 Å². The van der Waals surface area contributed by atoms with Crippen LogP contribution >= 0.6 is 0 Å². The second kappa shape index (κ2) is 10.9. The third-order valence-corrected chi connectivity index (χ3v) is 3.04. The Hall–Kier alpha value is -1.82. The van der Waals surface area contributed by atoms with Crippen LogP contribution in [0.3, 0.4) is 0 Å². The van der Waals surface area contributed by atoms with Crippen molar-refractivity contribution < 1.29 is 0 Å². The van der Waals surface area contributed by atoms with Crippen LogP contribution in [0.15, 0.2) is 54.6 Å². The lowest BCUT2D eigenvalue weighted by molar-refractivity contribution is 1.50. The van der Waals surface area contributed by atoms with Gasteiger partial charge in [-0.3, -0.25) is 0 Å². The van der Waals surface area contributed by atoms with Crippen LogP contribution in [-0.4, -0.2) is 0 Å². The molecule has 0 aliphatic carbocycles. The van der Waals surface area contributed by atoms with Crippen molar-refractivity contribution in [1.82, 2.24) is 0 Å². The summed E-state index contributed by atoms with van der Waals surface area (Å²) in [5.74, 6) is 0. The zero-order chi connectivity index (χ0) is 16.3. The van der Waals surface area contributed by atoms with Crippen LogP contribution in [0.4, 0.5) is 0 Å². The fourth-order valence-electron chi connectivity index (χ4n) is 2.24. The molecule has 114 valence electrons. The minimum Gasteiger partial charge on any atom is -0.0683 e. The number of rotatable bonds is 0. The Balaban J connectivity index is 0.000000598. The van der Waals surface area contributed by atoms with Gasteiger partial charge in [0.2, 0.25) is 0 Å². The smallest absolute Gasteiger partial charge is 0.0148 e. The maximum absolute atomic E-state index is 2.26. The summed E-state index contributed by atoms with van der Waals surface area (Å²) >= 11 is 0. The molecule has 0 aromatic heterocycles. The van der Waals surface area contributed by atoms with Gasteiger partial charge < -0.3 is 0 Å². The Kier molecular flexibility index (Phi) is 9.96. The van der Waals surface area contributed by atoms with Crippen LogP contribution in [0.1, 0.15) is 47.1 Å². The molecule has 0 radical (unpaired) electrons. The van der Waals surface area contributed by atoms with Crippen LogP contribution in [0, 0.1) is 6.92 Å². The van der Waals surface area contributed by atoms with E-state index in [1.165, 1.54) is 27.1 Å². The molecule has 21 heavy (non-hydrogen) atoms. The van der Waals surface area contributed by atoms with Gasteiger partial charge in [-0.1, -0.05) is 90.1 Å². The molecule has 0 unspecified atom stereocenters. The molecule has 0 spiro atoms. The van der Waals surface area contributed by atoms with E-state index in [0.717, 1.165) is 0 Å². The SMILES string of the molecule is CC.CC.CC.Cc1c2ccccc2cc2ccccc12. The Morgan fingerprint density at radius 2 is 0.857 bits per heavy atom. The highest BCUT2D eigenvalue weighted by Crippen LogP contribution is 2.27. The van der Waals surface area contributed by atoms with Crippen LogP contribution in [0.5, 0.6) is 0 Å². The topological polar surface area (TPSA) is 0 Å². The summed E-state index contributed by atoms with van der Waals surface area (Å²) in [5, 5.41) is 5.37. The van der Waals surface area contributed by atoms with Crippen LogP contribution < -0.4 is 0 Å². The second-order valence-corrected chi connectivity index (χ2v) is 3.94. The van der Waals surface area contributed by atoms with Crippen molar-refractivity contribution in [2.24, 2.45) is 0 Å². The molecular formula is C21H30. The van der Waals surface area contributed by atoms with E-state index >= 15 is 0 Å². The highest BCUT2D eigenvalue weighted by molar-refractivity contribution is 6.01. The van der Waals surface area contributed by atoms with Gasteiger partial charge in [-0.2, -0.15) is 0 Å². The van der Waals surface area contributed by atoms with Crippen molar-refractivity contribution in [2.45, 2.75) is 48.5 Å². The minimum atomic E-state index is 1.33. The van der Waals surface area contributed by atoms with Crippen molar-refractivity contribution in [1.29, 1.82) is 0 Å². The van der Waals surface area contributed by atoms with Gasteiger partial charge in [0.25, 0.3) is 0 Å². The first-order valence-corrected chi connectivity index (χ1v) is 8.23. The van der Waals surface area contributed by atoms with Gasteiger partial charge in [0.15, 0.2) is 0 Å². The Morgan fingerprint density at radius 3 is 1.24 bits per heavy atom. The Bertz CT molecular complexity index is 582. The zero-order valence-corrected chi connectivity index (χ0v) is 14.7. The van der Waals surface area contributed by atoms with Crippen LogP contribution in [0.25, 0.3) is 21.5 Å². The predicted molar refractivity (Wildman–Crippen MR) is 100 cm³/mol. The molecule has 3 aromatic carbocycles. The molecule has 0 heterocycles. The standard InChI is InChI=1S/C15H12.3C2H6/c1-11-14-8-4-2-6-12(14)10-13-7-3-5-9-15(11)13;3*1-2/h2-10H,1H3;3*1-2H3. The van der Waals surface area contributed by atoms with Gasteiger partial charge in [0.05, 0.1) is 0 Å². The van der Waals surface area contributed by atoms with Crippen molar-refractivity contribution >= 4 is 21.5 Å². The maximum Gasteiger partial charge on any atom is -0.0148 e. The summed E-state index contributed by atoms with van der Waals surface area (Å²) in [6.07, 6.45) is 0. The van der Waals surface area contributed by atoms with Crippen molar-refractivity contribution in [3.05, 3.63) is 60.2 Å². The monoisotopic (exact) mass is 282 g/mol. The van der Waals surface area contributed by atoms with E-state index < -0.39 is 0 Å². The number of fused-ring (bicyclic) bond motifs is 2. The molecule has 0 aliphatic heterocycles. The van der Waals surface area contributed by atoms with Crippen molar-refractivity contribution in [2.75, 3.05) is 0 Å². The highest BCUT2D eigenvalue weighted by atomic mass is 14.1. The quantitative estimate of drug-likeness (QED) is 0.377. The van der Waals surface area contributed by atoms with Gasteiger partial charge >= 0.3 is 0 Å². The molecule has 0 amide bonds. The predicted octanol–water partition coefficient (Wildman–Crippen LogP) is 7.38. The fourth-order valence-corrected chi connectivity index (χ4v) is 2.24. The summed E-state index contributed by atoms with van der Waals surface area (Å²) < 4.78 is 0. The lowest BCUT2D eigenvalue weighted by Crippen LogP contribution is -1.81. The average molecular weight is 282 g/mol. The van der Waals surface area contributed by atoms with Crippen LogP contribution in [-0.2, 0) is 0 Å². The molecule has 3 rings (SSSR count). The molecule has 0 saturated carbocycles. The third-order valence-electron chi connectivity index (χ3n) is 3.04. The van der Waals surface area contributed by atoms with E-state index in [2.05, 4.69) is 61.5 Å². The van der Waals surface area contributed by atoms with Crippen molar-refractivity contribution in [3.63, 3.8) is 0 Å². The summed E-state index contributed by atoms with van der Waals surface area (Å²) in [5.41, 5.74) is 1.38. The summed E-state index contributed by atoms with van der Waals surface area (Å²) in [6, 6.07) is 19.4. The molecule has 0 saturated heterocycles. The molecular weight excluding hydrogens is 252 g/mol. The number of hydrogen-bond acceptors (Lipinski definition) is 0. The first-order valence-electron chi connectivity index (χ1n) is 8.23. The van der Waals surface area contributed by atoms with E-state index in [-0.39, 0.29) is 0 Å². The third kappa shape index (κ3) is 4.60. The number of hydrogen-bond donors (Lipinski definition) is 0. The average Bonchev–Trinajstić information content (AvgIpc) is 2.61. The molecule has 0 bridgehead atoms. The first-order chi connectivity index (χ1) is 10.4. The molecule has 0 nitrogen and oxygen atoms in total. The highest BCUT2D eigenvalue weighted by Gasteiger charge is 2.01. The van der Waals surface area contributed by atoms with E-state index in [0.29, 0.717) is 0 Å². The number of benzene rings is 3. The summed E-state index contributed by atoms with van der Waals surface area (Å²) in [7, 11) is 0. The molecule has 0 heteroatoms. The van der Waals surface area contributed by atoms with E-state index in [1.54, 1.807) is 0 Å². The first kappa shape index (κ1) is 19.2.